The molecule has 0 amide bonds. The van der Waals surface area contributed by atoms with Crippen molar-refractivity contribution >= 4 is 21.4 Å². The van der Waals surface area contributed by atoms with E-state index in [0.29, 0.717) is 6.54 Å². The van der Waals surface area contributed by atoms with Gasteiger partial charge in [-0.3, -0.25) is 4.31 Å². The van der Waals surface area contributed by atoms with E-state index in [0.717, 1.165) is 24.3 Å². The van der Waals surface area contributed by atoms with Gasteiger partial charge < -0.3 is 5.32 Å². The van der Waals surface area contributed by atoms with Gasteiger partial charge in [0.05, 0.1) is 17.1 Å². The molecule has 1 heterocycles. The quantitative estimate of drug-likeness (QED) is 0.855. The monoisotopic (exact) mass is 240 g/mol. The van der Waals surface area contributed by atoms with Gasteiger partial charge in [-0.2, -0.15) is 0 Å². The molecule has 0 bridgehead atoms. The summed E-state index contributed by atoms with van der Waals surface area (Å²) in [5.41, 5.74) is 1.67. The van der Waals surface area contributed by atoms with Crippen molar-refractivity contribution in [1.29, 1.82) is 0 Å². The van der Waals surface area contributed by atoms with Crippen LogP contribution in [-0.4, -0.2) is 27.3 Å². The number of hydrogen-bond donors (Lipinski definition) is 1. The summed E-state index contributed by atoms with van der Waals surface area (Å²) in [6, 6.07) is 7.54. The summed E-state index contributed by atoms with van der Waals surface area (Å²) in [6.45, 7) is 3.04. The molecule has 0 unspecified atom stereocenters. The van der Waals surface area contributed by atoms with Crippen LogP contribution in [0.1, 0.15) is 13.3 Å². The molecule has 1 aliphatic heterocycles. The third-order valence-corrected chi connectivity index (χ3v) is 4.51. The average molecular weight is 240 g/mol. The largest absolute Gasteiger partial charge is 0.383 e. The Morgan fingerprint density at radius 3 is 2.88 bits per heavy atom. The number of nitrogens with zero attached hydrogens (tertiary/aromatic N) is 1. The van der Waals surface area contributed by atoms with Crippen molar-refractivity contribution in [3.63, 3.8) is 0 Å². The van der Waals surface area contributed by atoms with Gasteiger partial charge in [0.25, 0.3) is 0 Å². The third-order valence-electron chi connectivity index (χ3n) is 2.73. The number of benzene rings is 1. The van der Waals surface area contributed by atoms with Gasteiger partial charge in [0.1, 0.15) is 0 Å². The molecule has 0 atom stereocenters. The van der Waals surface area contributed by atoms with E-state index in [1.54, 1.807) is 6.92 Å². The first-order valence-corrected chi connectivity index (χ1v) is 7.09. The molecule has 0 aliphatic carbocycles. The van der Waals surface area contributed by atoms with Crippen molar-refractivity contribution in [3.8, 4) is 0 Å². The van der Waals surface area contributed by atoms with Crippen molar-refractivity contribution in [2.45, 2.75) is 13.3 Å². The first kappa shape index (κ1) is 11.3. The van der Waals surface area contributed by atoms with Crippen LogP contribution in [0.4, 0.5) is 11.4 Å². The lowest BCUT2D eigenvalue weighted by molar-refractivity contribution is 0.591. The molecule has 0 saturated heterocycles. The Hall–Kier alpha value is -1.23. The van der Waals surface area contributed by atoms with E-state index in [9.17, 15) is 8.42 Å². The highest BCUT2D eigenvalue weighted by Gasteiger charge is 2.24. The van der Waals surface area contributed by atoms with Crippen LogP contribution in [0.2, 0.25) is 0 Å². The Balaban J connectivity index is 2.48. The highest BCUT2D eigenvalue weighted by atomic mass is 32.2. The predicted molar refractivity (Wildman–Crippen MR) is 66.4 cm³/mol. The maximum absolute atomic E-state index is 12.0. The molecular weight excluding hydrogens is 224 g/mol. The van der Waals surface area contributed by atoms with Gasteiger partial charge in [-0.25, -0.2) is 8.42 Å². The van der Waals surface area contributed by atoms with Crippen molar-refractivity contribution in [3.05, 3.63) is 24.3 Å². The lowest BCUT2D eigenvalue weighted by Gasteiger charge is -2.23. The highest BCUT2D eigenvalue weighted by Crippen LogP contribution is 2.30. The van der Waals surface area contributed by atoms with Crippen LogP contribution in [-0.2, 0) is 10.0 Å². The molecule has 0 aromatic heterocycles. The highest BCUT2D eigenvalue weighted by molar-refractivity contribution is 7.92. The molecule has 0 saturated carbocycles. The van der Waals surface area contributed by atoms with Gasteiger partial charge in [0.2, 0.25) is 10.0 Å². The van der Waals surface area contributed by atoms with Crippen LogP contribution in [0.25, 0.3) is 0 Å². The first-order chi connectivity index (χ1) is 7.65. The summed E-state index contributed by atoms with van der Waals surface area (Å²) >= 11 is 0. The van der Waals surface area contributed by atoms with Gasteiger partial charge in [-0.05, 0) is 25.5 Å². The molecule has 0 spiro atoms. The molecule has 16 heavy (non-hydrogen) atoms. The SMILES string of the molecule is CCS(=O)(=O)N1CCCNc2ccccc21. The van der Waals surface area contributed by atoms with E-state index in [-0.39, 0.29) is 5.75 Å². The van der Waals surface area contributed by atoms with Gasteiger partial charge in [-0.1, -0.05) is 12.1 Å². The number of rotatable bonds is 2. The summed E-state index contributed by atoms with van der Waals surface area (Å²) in [5.74, 6) is 0.140. The van der Waals surface area contributed by atoms with Crippen LogP contribution in [0, 0.1) is 0 Å². The standard InChI is InChI=1S/C11H16N2O2S/c1-2-16(14,15)13-9-5-8-12-10-6-3-4-7-11(10)13/h3-4,6-7,12H,2,5,8-9H2,1H3. The zero-order valence-electron chi connectivity index (χ0n) is 9.31. The second kappa shape index (κ2) is 4.33. The molecule has 2 rings (SSSR count). The van der Waals surface area contributed by atoms with Gasteiger partial charge in [-0.15, -0.1) is 0 Å². The number of sulfonamides is 1. The molecular formula is C11H16N2O2S. The van der Waals surface area contributed by atoms with Crippen LogP contribution in [0.3, 0.4) is 0 Å². The zero-order chi connectivity index (χ0) is 11.6. The van der Waals surface area contributed by atoms with Crippen molar-refractivity contribution in [2.75, 3.05) is 28.5 Å². The fourth-order valence-corrected chi connectivity index (χ4v) is 3.03. The number of nitrogens with one attached hydrogen (secondary N) is 1. The van der Waals surface area contributed by atoms with E-state index in [1.165, 1.54) is 4.31 Å². The van der Waals surface area contributed by atoms with Gasteiger partial charge in [0, 0.05) is 13.1 Å². The molecule has 1 aliphatic rings. The Bertz CT molecular complexity index is 471. The minimum atomic E-state index is -3.16. The van der Waals surface area contributed by atoms with Crippen LogP contribution in [0.5, 0.6) is 0 Å². The van der Waals surface area contributed by atoms with Crippen LogP contribution in [0.15, 0.2) is 24.3 Å². The van der Waals surface area contributed by atoms with Gasteiger partial charge >= 0.3 is 0 Å². The molecule has 4 nitrogen and oxygen atoms in total. The molecule has 0 fully saturated rings. The first-order valence-electron chi connectivity index (χ1n) is 5.48. The van der Waals surface area contributed by atoms with E-state index < -0.39 is 10.0 Å². The summed E-state index contributed by atoms with van der Waals surface area (Å²) in [4.78, 5) is 0. The van der Waals surface area contributed by atoms with E-state index in [2.05, 4.69) is 5.32 Å². The fourth-order valence-electron chi connectivity index (χ4n) is 1.85. The number of anilines is 2. The van der Waals surface area contributed by atoms with Crippen molar-refractivity contribution in [2.24, 2.45) is 0 Å². The topological polar surface area (TPSA) is 49.4 Å². The van der Waals surface area contributed by atoms with Crippen LogP contribution >= 0.6 is 0 Å². The maximum atomic E-state index is 12.0. The Kier molecular flexibility index (Phi) is 3.05. The minimum absolute atomic E-state index is 0.140. The summed E-state index contributed by atoms with van der Waals surface area (Å²) in [7, 11) is -3.16. The van der Waals surface area contributed by atoms with Gasteiger partial charge in [0.15, 0.2) is 0 Å². The Morgan fingerprint density at radius 1 is 1.38 bits per heavy atom. The van der Waals surface area contributed by atoms with Crippen molar-refractivity contribution < 1.29 is 8.42 Å². The molecule has 0 radical (unpaired) electrons. The average Bonchev–Trinajstić information content (AvgIpc) is 2.51. The molecule has 1 N–H and O–H groups in total. The normalized spacial score (nSPS) is 16.2. The zero-order valence-corrected chi connectivity index (χ0v) is 10.1. The molecule has 5 heteroatoms. The summed E-state index contributed by atoms with van der Waals surface area (Å²) in [5, 5.41) is 3.25. The maximum Gasteiger partial charge on any atom is 0.234 e. The predicted octanol–water partition coefficient (Wildman–Crippen LogP) is 1.66. The summed E-state index contributed by atoms with van der Waals surface area (Å²) < 4.78 is 25.5. The van der Waals surface area contributed by atoms with Crippen LogP contribution < -0.4 is 9.62 Å². The second-order valence-corrected chi connectivity index (χ2v) is 5.95. The molecule has 1 aromatic carbocycles. The number of fused-ring (bicyclic) bond motifs is 1. The van der Waals surface area contributed by atoms with E-state index >= 15 is 0 Å². The number of para-hydroxylation sites is 2. The Labute approximate surface area is 96.3 Å². The fraction of sp³-hybridized carbons (Fsp3) is 0.455. The minimum Gasteiger partial charge on any atom is -0.383 e. The van der Waals surface area contributed by atoms with Crippen molar-refractivity contribution in [1.82, 2.24) is 0 Å². The second-order valence-electron chi connectivity index (χ2n) is 3.77. The van der Waals surface area contributed by atoms with E-state index in [1.807, 2.05) is 24.3 Å². The third kappa shape index (κ3) is 2.00. The molecule has 88 valence electrons. The Morgan fingerprint density at radius 2 is 2.12 bits per heavy atom. The smallest absolute Gasteiger partial charge is 0.234 e. The lowest BCUT2D eigenvalue weighted by Crippen LogP contribution is -2.32. The summed E-state index contributed by atoms with van der Waals surface area (Å²) in [6.07, 6.45) is 0.827. The molecule has 1 aromatic rings. The number of hydrogen-bond acceptors (Lipinski definition) is 3. The van der Waals surface area contributed by atoms with E-state index in [4.69, 9.17) is 0 Å². The lowest BCUT2D eigenvalue weighted by atomic mass is 10.2.